The van der Waals surface area contributed by atoms with Crippen molar-refractivity contribution in [3.8, 4) is 0 Å². The van der Waals surface area contributed by atoms with Crippen LogP contribution in [0.15, 0.2) is 42.7 Å². The lowest BCUT2D eigenvalue weighted by molar-refractivity contribution is 0.0936. The molecule has 0 aliphatic carbocycles. The van der Waals surface area contributed by atoms with E-state index in [2.05, 4.69) is 49.4 Å². The molecule has 7 heteroatoms. The summed E-state index contributed by atoms with van der Waals surface area (Å²) in [5, 5.41) is 2.76. The van der Waals surface area contributed by atoms with Crippen LogP contribution in [-0.2, 0) is 11.3 Å². The van der Waals surface area contributed by atoms with Crippen molar-refractivity contribution in [2.75, 3.05) is 51.3 Å². The second-order valence-electron chi connectivity index (χ2n) is 6.27. The third kappa shape index (κ3) is 5.00. The van der Waals surface area contributed by atoms with Gasteiger partial charge in [0.05, 0.1) is 12.2 Å². The number of nitrogens with one attached hydrogen (secondary N) is 1. The van der Waals surface area contributed by atoms with Crippen LogP contribution in [0.5, 0.6) is 0 Å². The molecule has 2 heterocycles. The number of piperazine rings is 1. The summed E-state index contributed by atoms with van der Waals surface area (Å²) < 4.78 is 4.92. The number of rotatable bonds is 7. The van der Waals surface area contributed by atoms with Gasteiger partial charge in [-0.15, -0.1) is 0 Å². The quantitative estimate of drug-likeness (QED) is 0.752. The van der Waals surface area contributed by atoms with Gasteiger partial charge in [-0.25, -0.2) is 9.97 Å². The van der Waals surface area contributed by atoms with Gasteiger partial charge < -0.3 is 15.0 Å². The molecule has 0 unspecified atom stereocenters. The molecule has 26 heavy (non-hydrogen) atoms. The summed E-state index contributed by atoms with van der Waals surface area (Å²) in [6, 6.07) is 10.5. The van der Waals surface area contributed by atoms with Gasteiger partial charge in [0, 0.05) is 58.8 Å². The van der Waals surface area contributed by atoms with Gasteiger partial charge in [0.15, 0.2) is 0 Å². The van der Waals surface area contributed by atoms with E-state index in [1.807, 2.05) is 6.07 Å². The summed E-state index contributed by atoms with van der Waals surface area (Å²) >= 11 is 0. The third-order valence-corrected chi connectivity index (χ3v) is 4.40. The van der Waals surface area contributed by atoms with Gasteiger partial charge in [-0.1, -0.05) is 30.3 Å². The van der Waals surface area contributed by atoms with Crippen LogP contribution in [0.25, 0.3) is 0 Å². The molecule has 138 valence electrons. The van der Waals surface area contributed by atoms with Crippen LogP contribution in [0, 0.1) is 0 Å². The minimum absolute atomic E-state index is 0.179. The predicted molar refractivity (Wildman–Crippen MR) is 100 cm³/mol. The molecule has 3 rings (SSSR count). The number of anilines is 1. The minimum atomic E-state index is -0.179. The van der Waals surface area contributed by atoms with E-state index in [9.17, 15) is 4.79 Å². The number of carbonyl (C=O) groups excluding carboxylic acids is 1. The van der Waals surface area contributed by atoms with Crippen molar-refractivity contribution < 1.29 is 9.53 Å². The molecule has 1 aliphatic rings. The topological polar surface area (TPSA) is 70.6 Å². The second kappa shape index (κ2) is 9.26. The molecule has 7 nitrogen and oxygen atoms in total. The van der Waals surface area contributed by atoms with Crippen molar-refractivity contribution >= 4 is 11.9 Å². The standard InChI is InChI=1S/C19H25N5O2/c1-26-12-7-20-18(25)17-13-21-19(22-14-17)24-10-8-23(9-11-24)15-16-5-3-2-4-6-16/h2-6,13-14H,7-12,15H2,1H3,(H,20,25). The third-order valence-electron chi connectivity index (χ3n) is 4.40. The molecule has 0 spiro atoms. The van der Waals surface area contributed by atoms with Crippen LogP contribution in [0.3, 0.4) is 0 Å². The Hall–Kier alpha value is -2.51. The van der Waals surface area contributed by atoms with Crippen LogP contribution < -0.4 is 10.2 Å². The lowest BCUT2D eigenvalue weighted by Gasteiger charge is -2.34. The van der Waals surface area contributed by atoms with E-state index in [-0.39, 0.29) is 5.91 Å². The number of hydrogen-bond donors (Lipinski definition) is 1. The second-order valence-corrected chi connectivity index (χ2v) is 6.27. The summed E-state index contributed by atoms with van der Waals surface area (Å²) in [6.07, 6.45) is 3.17. The summed E-state index contributed by atoms with van der Waals surface area (Å²) in [5.74, 6) is 0.499. The maximum atomic E-state index is 12.0. The van der Waals surface area contributed by atoms with Gasteiger partial charge in [-0.05, 0) is 5.56 Å². The molecule has 0 bridgehead atoms. The van der Waals surface area contributed by atoms with Crippen molar-refractivity contribution in [2.45, 2.75) is 6.54 Å². The number of nitrogens with zero attached hydrogens (tertiary/aromatic N) is 4. The molecule has 1 aromatic carbocycles. The highest BCUT2D eigenvalue weighted by atomic mass is 16.5. The number of ether oxygens (including phenoxy) is 1. The zero-order valence-corrected chi connectivity index (χ0v) is 15.1. The predicted octanol–water partition coefficient (Wildman–Crippen LogP) is 1.17. The summed E-state index contributed by atoms with van der Waals surface area (Å²) in [7, 11) is 1.60. The largest absolute Gasteiger partial charge is 0.383 e. The Morgan fingerprint density at radius 1 is 1.12 bits per heavy atom. The molecule has 0 atom stereocenters. The Bertz CT molecular complexity index is 685. The van der Waals surface area contributed by atoms with Crippen molar-refractivity contribution in [3.63, 3.8) is 0 Å². The van der Waals surface area contributed by atoms with Gasteiger partial charge in [0.25, 0.3) is 5.91 Å². The summed E-state index contributed by atoms with van der Waals surface area (Å²) in [4.78, 5) is 25.3. The summed E-state index contributed by atoms with van der Waals surface area (Å²) in [6.45, 7) is 5.63. The fourth-order valence-corrected chi connectivity index (χ4v) is 2.92. The highest BCUT2D eigenvalue weighted by molar-refractivity contribution is 5.93. The molecule has 1 N–H and O–H groups in total. The Balaban J connectivity index is 1.49. The van der Waals surface area contributed by atoms with Crippen molar-refractivity contribution in [1.29, 1.82) is 0 Å². The average molecular weight is 355 g/mol. The fraction of sp³-hybridized carbons (Fsp3) is 0.421. The molecule has 2 aromatic rings. The summed E-state index contributed by atoms with van der Waals surface area (Å²) in [5.41, 5.74) is 1.80. The Kier molecular flexibility index (Phi) is 6.51. The Morgan fingerprint density at radius 3 is 2.46 bits per heavy atom. The van der Waals surface area contributed by atoms with Crippen LogP contribution in [0.2, 0.25) is 0 Å². The normalized spacial score (nSPS) is 15.0. The van der Waals surface area contributed by atoms with Gasteiger partial charge in [0.1, 0.15) is 0 Å². The van der Waals surface area contributed by atoms with E-state index < -0.39 is 0 Å². The first-order chi connectivity index (χ1) is 12.8. The molecule has 1 fully saturated rings. The number of hydrogen-bond acceptors (Lipinski definition) is 6. The number of aromatic nitrogens is 2. The molecule has 0 radical (unpaired) electrons. The Morgan fingerprint density at radius 2 is 1.81 bits per heavy atom. The van der Waals surface area contributed by atoms with Crippen molar-refractivity contribution in [3.05, 3.63) is 53.9 Å². The van der Waals surface area contributed by atoms with E-state index in [4.69, 9.17) is 4.74 Å². The SMILES string of the molecule is COCCNC(=O)c1cnc(N2CCN(Cc3ccccc3)CC2)nc1. The van der Waals surface area contributed by atoms with Crippen LogP contribution in [0.4, 0.5) is 5.95 Å². The monoisotopic (exact) mass is 355 g/mol. The van der Waals surface area contributed by atoms with E-state index >= 15 is 0 Å². The molecular formula is C19H25N5O2. The van der Waals surface area contributed by atoms with Crippen molar-refractivity contribution in [2.24, 2.45) is 0 Å². The van der Waals surface area contributed by atoms with Crippen LogP contribution in [-0.4, -0.2) is 67.2 Å². The molecule has 1 amide bonds. The van der Waals surface area contributed by atoms with Crippen molar-refractivity contribution in [1.82, 2.24) is 20.2 Å². The molecular weight excluding hydrogens is 330 g/mol. The molecule has 0 saturated carbocycles. The molecule has 1 aliphatic heterocycles. The lowest BCUT2D eigenvalue weighted by Crippen LogP contribution is -2.46. The lowest BCUT2D eigenvalue weighted by atomic mass is 10.2. The van der Waals surface area contributed by atoms with Gasteiger partial charge in [-0.3, -0.25) is 9.69 Å². The maximum absolute atomic E-state index is 12.0. The first-order valence-electron chi connectivity index (χ1n) is 8.86. The maximum Gasteiger partial charge on any atom is 0.254 e. The van der Waals surface area contributed by atoms with E-state index in [0.717, 1.165) is 32.7 Å². The highest BCUT2D eigenvalue weighted by Crippen LogP contribution is 2.13. The van der Waals surface area contributed by atoms with Gasteiger partial charge in [-0.2, -0.15) is 0 Å². The van der Waals surface area contributed by atoms with Gasteiger partial charge in [0.2, 0.25) is 5.95 Å². The molecule has 1 saturated heterocycles. The highest BCUT2D eigenvalue weighted by Gasteiger charge is 2.19. The number of amides is 1. The zero-order valence-electron chi connectivity index (χ0n) is 15.1. The van der Waals surface area contributed by atoms with E-state index in [0.29, 0.717) is 24.7 Å². The minimum Gasteiger partial charge on any atom is -0.383 e. The van der Waals surface area contributed by atoms with E-state index in [1.54, 1.807) is 19.5 Å². The van der Waals surface area contributed by atoms with Gasteiger partial charge >= 0.3 is 0 Å². The fourth-order valence-electron chi connectivity index (χ4n) is 2.92. The van der Waals surface area contributed by atoms with Crippen LogP contribution in [0.1, 0.15) is 15.9 Å². The molecule has 1 aromatic heterocycles. The number of carbonyl (C=O) groups is 1. The number of methoxy groups -OCH3 is 1. The Labute approximate surface area is 154 Å². The first kappa shape index (κ1) is 18.3. The smallest absolute Gasteiger partial charge is 0.254 e. The number of benzene rings is 1. The first-order valence-corrected chi connectivity index (χ1v) is 8.86. The zero-order chi connectivity index (χ0) is 18.2. The van der Waals surface area contributed by atoms with Crippen LogP contribution >= 0.6 is 0 Å². The van der Waals surface area contributed by atoms with E-state index in [1.165, 1.54) is 5.56 Å². The average Bonchev–Trinajstić information content (AvgIpc) is 2.70.